The van der Waals surface area contributed by atoms with Crippen LogP contribution in [-0.4, -0.2) is 41.5 Å². The number of hydrogen-bond donors (Lipinski definition) is 0. The summed E-state index contributed by atoms with van der Waals surface area (Å²) in [6, 6.07) is -1.12. The van der Waals surface area contributed by atoms with E-state index in [4.69, 9.17) is 10.4 Å². The Bertz CT molecular complexity index is 739. The molecule has 1 aromatic heterocycles. The molecule has 24 heavy (non-hydrogen) atoms. The van der Waals surface area contributed by atoms with Gasteiger partial charge in [-0.1, -0.05) is 11.2 Å². The molecule has 0 aliphatic carbocycles. The molecule has 1 aromatic rings. The second-order valence-electron chi connectivity index (χ2n) is 5.62. The van der Waals surface area contributed by atoms with Crippen LogP contribution in [0, 0.1) is 0 Å². The lowest BCUT2D eigenvalue weighted by molar-refractivity contribution is -0.121. The second-order valence-corrected chi connectivity index (χ2v) is 6.53. The fraction of sp³-hybridized carbons (Fsp3) is 0.467. The zero-order valence-corrected chi connectivity index (χ0v) is 14.0. The molecule has 2 atom stereocenters. The summed E-state index contributed by atoms with van der Waals surface area (Å²) < 4.78 is 0. The van der Waals surface area contributed by atoms with E-state index in [2.05, 4.69) is 16.6 Å². The molecule has 3 heterocycles. The molecule has 0 saturated carbocycles. The van der Waals surface area contributed by atoms with Crippen LogP contribution in [0.2, 0.25) is 0 Å². The van der Waals surface area contributed by atoms with Crippen LogP contribution in [0.15, 0.2) is 23.1 Å². The highest BCUT2D eigenvalue weighted by molar-refractivity contribution is 7.10. The number of carbonyl (C=O) groups is 2. The van der Waals surface area contributed by atoms with Crippen molar-refractivity contribution < 1.29 is 14.4 Å². The van der Waals surface area contributed by atoms with Gasteiger partial charge >= 0.3 is 6.03 Å². The summed E-state index contributed by atoms with van der Waals surface area (Å²) in [4.78, 5) is 35.7. The predicted molar refractivity (Wildman–Crippen MR) is 88.3 cm³/mol. The number of hydrogen-bond acceptors (Lipinski definition) is 5. The Morgan fingerprint density at radius 2 is 2.46 bits per heavy atom. The van der Waals surface area contributed by atoms with Gasteiger partial charge in [-0.05, 0) is 29.8 Å². The van der Waals surface area contributed by atoms with Gasteiger partial charge in [0, 0.05) is 21.9 Å². The van der Waals surface area contributed by atoms with Gasteiger partial charge in [-0.25, -0.2) is 4.79 Å². The molecule has 126 valence electrons. The molecule has 3 rings (SSSR count). The Morgan fingerprint density at radius 1 is 1.67 bits per heavy atom. The second kappa shape index (κ2) is 6.64. The smallest absolute Gasteiger partial charge is 0.306 e. The van der Waals surface area contributed by atoms with E-state index in [0.717, 1.165) is 16.0 Å². The van der Waals surface area contributed by atoms with Crippen molar-refractivity contribution in [2.24, 2.45) is 5.11 Å². The Kier molecular flexibility index (Phi) is 4.57. The number of ketones is 1. The molecule has 1 saturated heterocycles. The molecule has 2 aliphatic heterocycles. The van der Waals surface area contributed by atoms with E-state index in [1.54, 1.807) is 11.0 Å². The van der Waals surface area contributed by atoms with Crippen molar-refractivity contribution >= 4 is 23.2 Å². The molecular weight excluding hydrogens is 330 g/mol. The fourth-order valence-corrected chi connectivity index (χ4v) is 4.47. The van der Waals surface area contributed by atoms with Crippen molar-refractivity contribution in [3.63, 3.8) is 0 Å². The lowest BCUT2D eigenvalue weighted by atomic mass is 9.92. The van der Waals surface area contributed by atoms with E-state index in [-0.39, 0.29) is 24.5 Å². The van der Waals surface area contributed by atoms with Crippen molar-refractivity contribution in [1.29, 1.82) is 0 Å². The van der Waals surface area contributed by atoms with Crippen LogP contribution < -0.4 is 0 Å². The van der Waals surface area contributed by atoms with Crippen molar-refractivity contribution in [3.05, 3.63) is 44.5 Å². The number of fused-ring (bicyclic) bond motifs is 4. The van der Waals surface area contributed by atoms with Crippen LogP contribution in [0.4, 0.5) is 4.79 Å². The van der Waals surface area contributed by atoms with Gasteiger partial charge in [0.25, 0.3) is 0 Å². The van der Waals surface area contributed by atoms with Gasteiger partial charge in [-0.15, -0.1) is 17.9 Å². The average Bonchev–Trinajstić information content (AvgIpc) is 3.08. The highest BCUT2D eigenvalue weighted by Gasteiger charge is 2.51. The summed E-state index contributed by atoms with van der Waals surface area (Å²) >= 11 is 1.52. The first-order valence-electron chi connectivity index (χ1n) is 7.55. The summed E-state index contributed by atoms with van der Waals surface area (Å²) in [5.41, 5.74) is 10.3. The SMILES string of the molecule is C=CCON1C(=O)N2CC1c1scc(CCN=[N+]=[N-])c1[C@H]2C(C)=O. The van der Waals surface area contributed by atoms with Gasteiger partial charge in [0.05, 0.1) is 13.2 Å². The van der Waals surface area contributed by atoms with E-state index < -0.39 is 6.04 Å². The Balaban J connectivity index is 2.00. The number of thiophene rings is 1. The average molecular weight is 347 g/mol. The quantitative estimate of drug-likeness (QED) is 0.328. The summed E-state index contributed by atoms with van der Waals surface area (Å²) in [6.45, 7) is 6.07. The number of nitrogens with zero attached hydrogens (tertiary/aromatic N) is 5. The molecule has 8 nitrogen and oxygen atoms in total. The molecule has 0 radical (unpaired) electrons. The van der Waals surface area contributed by atoms with Gasteiger partial charge < -0.3 is 4.90 Å². The third-order valence-corrected chi connectivity index (χ3v) is 5.32. The number of carbonyl (C=O) groups excluding carboxylic acids is 2. The van der Waals surface area contributed by atoms with Crippen molar-refractivity contribution in [1.82, 2.24) is 9.96 Å². The molecule has 2 bridgehead atoms. The summed E-state index contributed by atoms with van der Waals surface area (Å²) in [6.07, 6.45) is 2.12. The number of amides is 2. The third kappa shape index (κ3) is 2.56. The van der Waals surface area contributed by atoms with Gasteiger partial charge in [0.2, 0.25) is 0 Å². The Labute approximate surface area is 142 Å². The number of azide groups is 1. The first-order chi connectivity index (χ1) is 11.6. The summed E-state index contributed by atoms with van der Waals surface area (Å²) in [7, 11) is 0. The molecule has 0 N–H and O–H groups in total. The number of urea groups is 1. The van der Waals surface area contributed by atoms with E-state index in [1.165, 1.54) is 23.3 Å². The fourth-order valence-electron chi connectivity index (χ4n) is 3.26. The van der Waals surface area contributed by atoms with E-state index >= 15 is 0 Å². The topological polar surface area (TPSA) is 98.6 Å². The molecule has 1 fully saturated rings. The third-order valence-electron chi connectivity index (χ3n) is 4.18. The molecule has 2 amide bonds. The van der Waals surface area contributed by atoms with Gasteiger partial charge in [-0.3, -0.25) is 9.63 Å². The molecule has 1 unspecified atom stereocenters. The lowest BCUT2D eigenvalue weighted by Crippen LogP contribution is -2.37. The Morgan fingerprint density at radius 3 is 3.12 bits per heavy atom. The van der Waals surface area contributed by atoms with Crippen LogP contribution >= 0.6 is 11.3 Å². The van der Waals surface area contributed by atoms with Gasteiger partial charge in [0.15, 0.2) is 5.78 Å². The van der Waals surface area contributed by atoms with Crippen LogP contribution in [-0.2, 0) is 16.1 Å². The number of hydroxylamine groups is 2. The standard InChI is InChI=1S/C15H17N5O3S/c1-3-6-23-20-11-7-19(15(20)22)13(9(2)21)12-10(4-5-17-18-16)8-24-14(11)12/h3,8,11,13H,1,4-7H2,2H3/t11?,13-/m1/s1. The van der Waals surface area contributed by atoms with Crippen molar-refractivity contribution in [3.8, 4) is 0 Å². The minimum absolute atomic E-state index is 0.0861. The molecule has 0 spiro atoms. The molecule has 9 heteroatoms. The maximum absolute atomic E-state index is 12.6. The number of Topliss-reactive ketones (excluding diaryl/α,β-unsaturated/α-hetero) is 1. The van der Waals surface area contributed by atoms with Gasteiger partial charge in [-0.2, -0.15) is 5.06 Å². The minimum atomic E-state index is -0.603. The molecule has 0 aromatic carbocycles. The van der Waals surface area contributed by atoms with Crippen LogP contribution in [0.3, 0.4) is 0 Å². The van der Waals surface area contributed by atoms with Gasteiger partial charge in [0.1, 0.15) is 12.1 Å². The molecule has 2 aliphatic rings. The van der Waals surface area contributed by atoms with Crippen molar-refractivity contribution in [2.75, 3.05) is 19.7 Å². The highest BCUT2D eigenvalue weighted by atomic mass is 32.1. The summed E-state index contributed by atoms with van der Waals surface area (Å²) in [5, 5.41) is 6.89. The largest absolute Gasteiger partial charge is 0.345 e. The lowest BCUT2D eigenvalue weighted by Gasteiger charge is -2.30. The minimum Gasteiger partial charge on any atom is -0.306 e. The highest BCUT2D eigenvalue weighted by Crippen LogP contribution is 2.48. The number of rotatable bonds is 7. The van der Waals surface area contributed by atoms with Crippen LogP contribution in [0.1, 0.15) is 35.0 Å². The maximum atomic E-state index is 12.6. The van der Waals surface area contributed by atoms with Crippen molar-refractivity contribution in [2.45, 2.75) is 25.4 Å². The van der Waals surface area contributed by atoms with E-state index in [0.29, 0.717) is 19.5 Å². The molecular formula is C15H17N5O3S. The predicted octanol–water partition coefficient (Wildman–Crippen LogP) is 3.14. The van der Waals surface area contributed by atoms with Crippen LogP contribution in [0.25, 0.3) is 10.4 Å². The van der Waals surface area contributed by atoms with E-state index in [9.17, 15) is 9.59 Å². The zero-order chi connectivity index (χ0) is 17.3. The zero-order valence-electron chi connectivity index (χ0n) is 13.2. The normalized spacial score (nSPS) is 21.5. The first kappa shape index (κ1) is 16.5. The van der Waals surface area contributed by atoms with Crippen LogP contribution in [0.5, 0.6) is 0 Å². The van der Waals surface area contributed by atoms with E-state index in [1.807, 2.05) is 5.38 Å². The maximum Gasteiger partial charge on any atom is 0.345 e. The first-order valence-corrected chi connectivity index (χ1v) is 8.43. The summed E-state index contributed by atoms with van der Waals surface area (Å²) in [5.74, 6) is -0.0861. The Hall–Kier alpha value is -2.35. The monoisotopic (exact) mass is 347 g/mol.